The molecule has 14 rings (SSSR count). The van der Waals surface area contributed by atoms with Crippen molar-refractivity contribution >= 4 is 96.8 Å². The van der Waals surface area contributed by atoms with Crippen molar-refractivity contribution in [2.24, 2.45) is 0 Å². The van der Waals surface area contributed by atoms with E-state index in [0.29, 0.717) is 17.5 Å². The molecule has 0 aliphatic carbocycles. The number of nitrogens with zero attached hydrogens (tertiary/aromatic N) is 4. The Labute approximate surface area is 376 Å². The topological polar surface area (TPSA) is 56.7 Å². The lowest BCUT2D eigenvalue weighted by Gasteiger charge is -2.13. The van der Waals surface area contributed by atoms with Gasteiger partial charge in [-0.1, -0.05) is 152 Å². The summed E-state index contributed by atoms with van der Waals surface area (Å²) in [7, 11) is 0. The lowest BCUT2D eigenvalue weighted by atomic mass is 10.0. The highest BCUT2D eigenvalue weighted by molar-refractivity contribution is 7.25. The van der Waals surface area contributed by atoms with E-state index in [2.05, 4.69) is 193 Å². The third-order valence-corrected chi connectivity index (χ3v) is 14.1. The maximum absolute atomic E-state index is 6.80. The Bertz CT molecular complexity index is 4150. The number of furan rings is 1. The number of hydrogen-bond acceptors (Lipinski definition) is 5. The number of benzene rings is 10. The van der Waals surface area contributed by atoms with Crippen LogP contribution in [0.2, 0.25) is 0 Å². The van der Waals surface area contributed by atoms with Crippen molar-refractivity contribution < 1.29 is 4.42 Å². The zero-order valence-corrected chi connectivity index (χ0v) is 35.6. The first-order valence-electron chi connectivity index (χ1n) is 21.8. The summed E-state index contributed by atoms with van der Waals surface area (Å²) < 4.78 is 11.6. The first kappa shape index (κ1) is 36.1. The van der Waals surface area contributed by atoms with Gasteiger partial charge in [0, 0.05) is 64.5 Å². The highest BCUT2D eigenvalue weighted by Gasteiger charge is 2.23. The fourth-order valence-corrected chi connectivity index (χ4v) is 11.0. The number of rotatable bonds is 5. The molecule has 5 nitrogen and oxygen atoms in total. The summed E-state index contributed by atoms with van der Waals surface area (Å²) in [5.74, 6) is 1.78. The molecule has 0 saturated carbocycles. The SMILES string of the molecule is c1ccc(-c2ccc(-c3nc(-c4ccc5c(c4)sc4ccccc45)nc(-c4cc(-n5c6cc7ccccc7cc6c6cc7ccccc7cc65)cc5oc6ccccc6c45)n3)cc2)cc1. The van der Waals surface area contributed by atoms with Crippen molar-refractivity contribution in [3.8, 4) is 51.0 Å². The van der Waals surface area contributed by atoms with Crippen LogP contribution in [0.5, 0.6) is 0 Å². The highest BCUT2D eigenvalue weighted by atomic mass is 32.1. The van der Waals surface area contributed by atoms with Gasteiger partial charge in [-0.25, -0.2) is 15.0 Å². The molecule has 0 radical (unpaired) electrons. The monoisotopic (exact) mass is 846 g/mol. The number of aromatic nitrogens is 4. The van der Waals surface area contributed by atoms with Crippen molar-refractivity contribution in [1.82, 2.24) is 19.5 Å². The summed E-state index contributed by atoms with van der Waals surface area (Å²) in [5, 5.41) is 11.6. The molecular formula is C59H34N4OS. The fourth-order valence-electron chi connectivity index (χ4n) is 9.87. The van der Waals surface area contributed by atoms with Gasteiger partial charge >= 0.3 is 0 Å². The lowest BCUT2D eigenvalue weighted by molar-refractivity contribution is 0.668. The number of hydrogen-bond donors (Lipinski definition) is 0. The van der Waals surface area contributed by atoms with Crippen LogP contribution in [0.25, 0.3) is 136 Å². The van der Waals surface area contributed by atoms with Gasteiger partial charge in [-0.15, -0.1) is 11.3 Å². The van der Waals surface area contributed by atoms with E-state index in [1.54, 1.807) is 11.3 Å². The lowest BCUT2D eigenvalue weighted by Crippen LogP contribution is -2.02. The number of fused-ring (bicyclic) bond motifs is 11. The second kappa shape index (κ2) is 14.0. The van der Waals surface area contributed by atoms with Crippen LogP contribution in [-0.2, 0) is 0 Å². The Balaban J connectivity index is 1.05. The second-order valence-corrected chi connectivity index (χ2v) is 17.9. The van der Waals surface area contributed by atoms with Crippen molar-refractivity contribution in [3.63, 3.8) is 0 Å². The fraction of sp³-hybridized carbons (Fsp3) is 0. The molecule has 0 amide bonds. The number of thiophene rings is 1. The van der Waals surface area contributed by atoms with Crippen LogP contribution in [0.3, 0.4) is 0 Å². The van der Waals surface area contributed by atoms with Gasteiger partial charge in [0.2, 0.25) is 0 Å². The van der Waals surface area contributed by atoms with Gasteiger partial charge in [-0.05, 0) is 81.2 Å². The largest absolute Gasteiger partial charge is 0.456 e. The van der Waals surface area contributed by atoms with Crippen molar-refractivity contribution in [3.05, 3.63) is 206 Å². The predicted molar refractivity (Wildman–Crippen MR) is 271 cm³/mol. The van der Waals surface area contributed by atoms with Gasteiger partial charge in [0.15, 0.2) is 17.5 Å². The second-order valence-electron chi connectivity index (χ2n) is 16.8. The van der Waals surface area contributed by atoms with Gasteiger partial charge in [0.25, 0.3) is 0 Å². The van der Waals surface area contributed by atoms with E-state index < -0.39 is 0 Å². The molecule has 10 aromatic carbocycles. The molecule has 6 heteroatoms. The maximum Gasteiger partial charge on any atom is 0.164 e. The molecule has 0 bridgehead atoms. The van der Waals surface area contributed by atoms with E-state index in [1.165, 1.54) is 52.5 Å². The summed E-state index contributed by atoms with van der Waals surface area (Å²) in [6, 6.07) is 73.4. The molecule has 302 valence electrons. The van der Waals surface area contributed by atoms with E-state index in [1.807, 2.05) is 18.2 Å². The third kappa shape index (κ3) is 5.74. The highest BCUT2D eigenvalue weighted by Crippen LogP contribution is 2.43. The molecule has 65 heavy (non-hydrogen) atoms. The van der Waals surface area contributed by atoms with Gasteiger partial charge in [0.1, 0.15) is 11.2 Å². The van der Waals surface area contributed by atoms with E-state index >= 15 is 0 Å². The molecule has 0 aliphatic heterocycles. The van der Waals surface area contributed by atoms with Crippen molar-refractivity contribution in [2.45, 2.75) is 0 Å². The molecule has 0 fully saturated rings. The average molecular weight is 847 g/mol. The summed E-state index contributed by atoms with van der Waals surface area (Å²) in [6.45, 7) is 0. The molecule has 0 aliphatic rings. The molecule has 4 heterocycles. The van der Waals surface area contributed by atoms with Gasteiger partial charge in [-0.2, -0.15) is 0 Å². The zero-order valence-electron chi connectivity index (χ0n) is 34.7. The minimum atomic E-state index is 0.573. The van der Waals surface area contributed by atoms with E-state index in [9.17, 15) is 0 Å². The Kier molecular flexibility index (Phi) is 7.79. The van der Waals surface area contributed by atoms with Crippen LogP contribution in [0.15, 0.2) is 211 Å². The van der Waals surface area contributed by atoms with Crippen molar-refractivity contribution in [1.29, 1.82) is 0 Å². The Morgan fingerprint density at radius 3 is 1.62 bits per heavy atom. The van der Waals surface area contributed by atoms with Crippen molar-refractivity contribution in [2.75, 3.05) is 0 Å². The van der Waals surface area contributed by atoms with E-state index in [-0.39, 0.29) is 0 Å². The average Bonchev–Trinajstić information content (AvgIpc) is 4.03. The molecule has 0 N–H and O–H groups in total. The maximum atomic E-state index is 6.80. The van der Waals surface area contributed by atoms with E-state index in [0.717, 1.165) is 66.5 Å². The summed E-state index contributed by atoms with van der Waals surface area (Å²) in [4.78, 5) is 16.1. The Morgan fingerprint density at radius 1 is 0.354 bits per heavy atom. The quantitative estimate of drug-likeness (QED) is 0.173. The molecule has 0 unspecified atom stereocenters. The first-order valence-corrected chi connectivity index (χ1v) is 22.6. The molecule has 14 aromatic rings. The van der Waals surface area contributed by atoms with Gasteiger partial charge < -0.3 is 8.98 Å². The van der Waals surface area contributed by atoms with Crippen LogP contribution in [0.1, 0.15) is 0 Å². The van der Waals surface area contributed by atoms with Crippen LogP contribution < -0.4 is 0 Å². The van der Waals surface area contributed by atoms with E-state index in [4.69, 9.17) is 19.4 Å². The molecule has 0 spiro atoms. The Hall–Kier alpha value is -8.45. The summed E-state index contributed by atoms with van der Waals surface area (Å²) in [6.07, 6.45) is 0. The van der Waals surface area contributed by atoms with Crippen LogP contribution in [0.4, 0.5) is 0 Å². The van der Waals surface area contributed by atoms with Gasteiger partial charge in [0.05, 0.1) is 16.7 Å². The molecule has 0 atom stereocenters. The molecular weight excluding hydrogens is 813 g/mol. The summed E-state index contributed by atoms with van der Waals surface area (Å²) >= 11 is 1.79. The first-order chi connectivity index (χ1) is 32.2. The zero-order chi connectivity index (χ0) is 42.6. The number of para-hydroxylation sites is 1. The molecule has 0 saturated heterocycles. The van der Waals surface area contributed by atoms with Crippen LogP contribution >= 0.6 is 11.3 Å². The van der Waals surface area contributed by atoms with Crippen LogP contribution in [-0.4, -0.2) is 19.5 Å². The summed E-state index contributed by atoms with van der Waals surface area (Å²) in [5.41, 5.74) is 9.75. The normalized spacial score (nSPS) is 12.0. The van der Waals surface area contributed by atoms with Crippen LogP contribution in [0, 0.1) is 0 Å². The smallest absolute Gasteiger partial charge is 0.164 e. The predicted octanol–water partition coefficient (Wildman–Crippen LogP) is 16.2. The Morgan fingerprint density at radius 2 is 0.892 bits per heavy atom. The minimum Gasteiger partial charge on any atom is -0.456 e. The minimum absolute atomic E-state index is 0.573. The van der Waals surface area contributed by atoms with Gasteiger partial charge in [-0.3, -0.25) is 0 Å². The standard InChI is InChI=1S/C59H34N4OS/c1-2-12-35(13-3-1)36-22-24-37(25-23-36)57-60-58(42-26-27-45-44-18-9-11-21-54(44)65-55(45)32-42)62-59(61-57)49-33-43(34-53-56(49)46-19-8-10-20-52(46)64-53)63-50-30-40-16-6-4-14-38(40)28-47(50)48-29-39-15-5-7-17-41(39)31-51(48)63/h1-34H. The molecule has 4 aromatic heterocycles. The third-order valence-electron chi connectivity index (χ3n) is 13.0.